The van der Waals surface area contributed by atoms with Crippen LogP contribution in [0.25, 0.3) is 122 Å². The molecule has 1 heterocycles. The summed E-state index contributed by atoms with van der Waals surface area (Å²) < 4.78 is 15.4. The zero-order valence-corrected chi connectivity index (χ0v) is 72.1. The number of benzene rings is 14. The van der Waals surface area contributed by atoms with E-state index < -0.39 is 0 Å². The van der Waals surface area contributed by atoms with Crippen molar-refractivity contribution >= 4 is 57.8 Å². The highest BCUT2D eigenvalue weighted by Gasteiger charge is 2.53. The molecule has 0 amide bonds. The minimum atomic E-state index is -0.353. The molecule has 0 N–H and O–H groups in total. The quantitative estimate of drug-likeness (QED) is 0.122. The Morgan fingerprint density at radius 1 is 0.186 bits per heavy atom. The van der Waals surface area contributed by atoms with Crippen molar-refractivity contribution in [3.8, 4) is 122 Å². The summed E-state index contributed by atoms with van der Waals surface area (Å²) in [6.45, 7) is 36.9. The molecule has 0 radical (unpaired) electrons. The predicted molar refractivity (Wildman–Crippen MR) is 493 cm³/mol. The van der Waals surface area contributed by atoms with Gasteiger partial charge in [0.05, 0.1) is 11.2 Å². The Hall–Kier alpha value is -9.48. The monoisotopic (exact) mass is 1690 g/mol. The Morgan fingerprint density at radius 3 is 0.602 bits per heavy atom. The van der Waals surface area contributed by atoms with Gasteiger partial charge in [-0.2, -0.15) is 0 Å². The maximum atomic E-state index is 6.39. The molecular formula is C108H95BI2O2. The van der Waals surface area contributed by atoms with Crippen LogP contribution in [0, 0.1) is 7.14 Å². The summed E-state index contributed by atoms with van der Waals surface area (Å²) in [5.74, 6) is 0. The first-order valence-electron chi connectivity index (χ1n) is 40.3. The number of halogens is 2. The van der Waals surface area contributed by atoms with E-state index in [-0.39, 0.29) is 50.8 Å². The van der Waals surface area contributed by atoms with Crippen molar-refractivity contribution in [2.75, 3.05) is 0 Å². The van der Waals surface area contributed by atoms with Crippen LogP contribution in [0.3, 0.4) is 0 Å². The van der Waals surface area contributed by atoms with E-state index in [1.165, 1.54) is 196 Å². The van der Waals surface area contributed by atoms with Crippen molar-refractivity contribution in [1.29, 1.82) is 0 Å². The molecule has 1 aliphatic heterocycles. The van der Waals surface area contributed by atoms with Gasteiger partial charge in [0.2, 0.25) is 0 Å². The van der Waals surface area contributed by atoms with Crippen LogP contribution in [-0.4, -0.2) is 18.3 Å². The Morgan fingerprint density at radius 2 is 0.363 bits per heavy atom. The van der Waals surface area contributed by atoms with E-state index >= 15 is 0 Å². The number of hydrogen-bond acceptors (Lipinski definition) is 2. The fourth-order valence-corrected chi connectivity index (χ4v) is 20.9. The average molecular weight is 1690 g/mol. The van der Waals surface area contributed by atoms with Gasteiger partial charge in [-0.15, -0.1) is 0 Å². The van der Waals surface area contributed by atoms with Crippen LogP contribution in [-0.2, 0) is 41.8 Å². The molecule has 1 fully saturated rings. The Balaban J connectivity index is 0.000000154. The molecule has 21 rings (SSSR count). The molecule has 0 saturated carbocycles. The van der Waals surface area contributed by atoms with Crippen LogP contribution in [0.1, 0.15) is 178 Å². The standard InChI is InChI=1S/C66H54.C36H37BO2.C6H4I2/c1-63(2)55-15-11-9-13-47(55)49-29-23-43(35-57(49)63)45-25-31-53-51-27-21-41(33-59(51)65(5,6)61(53)37-45)39-17-19-40(20-18-39)42-22-28-52-54-32-26-46(38-62(54)66(7,8)60(52)34-42)44-24-30-50-48-14-10-12-16-56(48)64(3,4)58(50)36-44;1-33(2)29-12-10-9-11-25(29)26-16-13-22(19-30(26)33)23-14-17-27-28-18-15-24(21-32(28)34(3,4)31(27)20-23)37-38-35(5,6)36(7,8)39-37;7-5-1-2-6(8)4-3-5/h9-38H,1-8H3;9-21H,1-8H3;1-4H. The van der Waals surface area contributed by atoms with Crippen molar-refractivity contribution in [3.63, 3.8) is 0 Å². The molecule has 14 aromatic rings. The molecule has 6 aliphatic carbocycles. The molecule has 7 aliphatic rings. The topological polar surface area (TPSA) is 18.5 Å². The number of rotatable bonds is 6. The summed E-state index contributed by atoms with van der Waals surface area (Å²) in [5, 5.41) is 0. The largest absolute Gasteiger partial charge is 0.494 e. The lowest BCUT2D eigenvalue weighted by Gasteiger charge is -2.32. The van der Waals surface area contributed by atoms with Gasteiger partial charge >= 0.3 is 7.12 Å². The first kappa shape index (κ1) is 73.7. The molecule has 0 bridgehead atoms. The normalized spacial score (nSPS) is 17.2. The summed E-state index contributed by atoms with van der Waals surface area (Å²) in [6.07, 6.45) is 0. The Kier molecular flexibility index (Phi) is 17.0. The van der Waals surface area contributed by atoms with Crippen LogP contribution < -0.4 is 5.46 Å². The molecule has 556 valence electrons. The zero-order valence-electron chi connectivity index (χ0n) is 67.8. The molecule has 0 aromatic heterocycles. The predicted octanol–water partition coefficient (Wildman–Crippen LogP) is 28.7. The second-order valence-electron chi connectivity index (χ2n) is 36.9. The van der Waals surface area contributed by atoms with Crippen LogP contribution in [0.5, 0.6) is 0 Å². The summed E-state index contributed by atoms with van der Waals surface area (Å²) >= 11 is 4.59. The van der Waals surface area contributed by atoms with Crippen LogP contribution >= 0.6 is 45.2 Å². The smallest absolute Gasteiger partial charge is 0.399 e. The lowest BCUT2D eigenvalue weighted by atomic mass is 9.74. The van der Waals surface area contributed by atoms with E-state index in [0.29, 0.717) is 0 Å². The SMILES string of the molecule is CC1(C)c2ccccc2-c2ccc(-c3ccc4c(c3)C(C)(C)c3cc(-c5ccc(-c6ccc7c(c6)C(C)(C)c6cc(-c8ccc9c(c8)C(C)(C)c8ccccc8-9)ccc6-7)cc5)ccc3-4)cc21.CC1(C)c2ccccc2-c2ccc(-c3ccc4c(c3)C(C)(C)c3cc(B5OC(C)(C)C(C)(C)O5)ccc3-4)cc21.Ic1ccc(I)cc1. The summed E-state index contributed by atoms with van der Waals surface area (Å²) in [4.78, 5) is 0. The minimum absolute atomic E-state index is 0.00190. The summed E-state index contributed by atoms with van der Waals surface area (Å²) in [7, 11) is -0.353. The maximum Gasteiger partial charge on any atom is 0.494 e. The van der Waals surface area contributed by atoms with Gasteiger partial charge in [0.1, 0.15) is 0 Å². The maximum absolute atomic E-state index is 6.39. The highest BCUT2D eigenvalue weighted by Crippen LogP contribution is 2.58. The van der Waals surface area contributed by atoms with E-state index in [4.69, 9.17) is 9.31 Å². The molecule has 1 saturated heterocycles. The van der Waals surface area contributed by atoms with E-state index in [0.717, 1.165) is 5.46 Å². The summed E-state index contributed by atoms with van der Waals surface area (Å²) in [6, 6.07) is 108. The van der Waals surface area contributed by atoms with E-state index in [2.05, 4.69) is 441 Å². The highest BCUT2D eigenvalue weighted by molar-refractivity contribution is 14.1. The number of hydrogen-bond donors (Lipinski definition) is 0. The van der Waals surface area contributed by atoms with Crippen molar-refractivity contribution in [2.24, 2.45) is 0 Å². The van der Waals surface area contributed by atoms with Gasteiger partial charge in [0.15, 0.2) is 0 Å². The third-order valence-electron chi connectivity index (χ3n) is 27.7. The van der Waals surface area contributed by atoms with Gasteiger partial charge in [-0.05, 0) is 340 Å². The van der Waals surface area contributed by atoms with E-state index in [9.17, 15) is 0 Å². The first-order valence-corrected chi connectivity index (χ1v) is 42.5. The lowest BCUT2D eigenvalue weighted by molar-refractivity contribution is 0.00578. The first-order chi connectivity index (χ1) is 53.8. The third kappa shape index (κ3) is 11.5. The van der Waals surface area contributed by atoms with Gasteiger partial charge in [-0.3, -0.25) is 0 Å². The van der Waals surface area contributed by atoms with E-state index in [1.54, 1.807) is 0 Å². The molecule has 0 unspecified atom stereocenters. The second kappa shape index (κ2) is 26.0. The molecule has 14 aromatic carbocycles. The van der Waals surface area contributed by atoms with Gasteiger partial charge in [-0.1, -0.05) is 295 Å². The molecule has 0 atom stereocenters. The molecule has 0 spiro atoms. The number of fused-ring (bicyclic) bond motifs is 18. The van der Waals surface area contributed by atoms with Gasteiger partial charge < -0.3 is 9.31 Å². The zero-order chi connectivity index (χ0) is 78.6. The minimum Gasteiger partial charge on any atom is -0.399 e. The van der Waals surface area contributed by atoms with Gasteiger partial charge in [-0.25, -0.2) is 0 Å². The van der Waals surface area contributed by atoms with E-state index in [1.807, 2.05) is 0 Å². The fraction of sp³-hybridized carbons (Fsp3) is 0.222. The van der Waals surface area contributed by atoms with Crippen molar-refractivity contribution < 1.29 is 9.31 Å². The summed E-state index contributed by atoms with van der Waals surface area (Å²) in [5.41, 5.74) is 45.8. The van der Waals surface area contributed by atoms with Crippen LogP contribution in [0.2, 0.25) is 0 Å². The molecular weight excluding hydrogens is 1590 g/mol. The van der Waals surface area contributed by atoms with Crippen molar-refractivity contribution in [2.45, 2.75) is 154 Å². The Labute approximate surface area is 697 Å². The second-order valence-corrected chi connectivity index (χ2v) is 39.4. The fourth-order valence-electron chi connectivity index (χ4n) is 20.2. The van der Waals surface area contributed by atoms with Gasteiger partial charge in [0, 0.05) is 39.6 Å². The van der Waals surface area contributed by atoms with Crippen molar-refractivity contribution in [1.82, 2.24) is 0 Å². The molecule has 5 heteroatoms. The molecule has 2 nitrogen and oxygen atoms in total. The third-order valence-corrected chi connectivity index (χ3v) is 29.1. The van der Waals surface area contributed by atoms with Gasteiger partial charge in [0.25, 0.3) is 0 Å². The van der Waals surface area contributed by atoms with Crippen molar-refractivity contribution in [3.05, 3.63) is 359 Å². The average Bonchev–Trinajstić information content (AvgIpc) is 1.57. The van der Waals surface area contributed by atoms with Crippen LogP contribution in [0.4, 0.5) is 0 Å². The van der Waals surface area contributed by atoms with Crippen LogP contribution in [0.15, 0.2) is 285 Å². The lowest BCUT2D eigenvalue weighted by Crippen LogP contribution is -2.41. The highest BCUT2D eigenvalue weighted by atomic mass is 127. The molecule has 113 heavy (non-hydrogen) atoms. The Bertz CT molecular complexity index is 6060.